The molecule has 0 aliphatic heterocycles. The molecular weight excluding hydrogens is 292 g/mol. The highest BCUT2D eigenvalue weighted by Crippen LogP contribution is 2.18. The van der Waals surface area contributed by atoms with Crippen molar-refractivity contribution in [2.24, 2.45) is 0 Å². The number of anilines is 1. The normalized spacial score (nSPS) is 10.5. The minimum atomic E-state index is -0.554. The molecule has 2 rings (SSSR count). The third-order valence-corrected chi connectivity index (χ3v) is 3.13. The van der Waals surface area contributed by atoms with E-state index in [2.05, 4.69) is 5.32 Å². The Bertz CT molecular complexity index is 683. The van der Waals surface area contributed by atoms with Crippen LogP contribution in [0, 0.1) is 0 Å². The highest BCUT2D eigenvalue weighted by molar-refractivity contribution is 5.90. The van der Waals surface area contributed by atoms with Gasteiger partial charge in [0, 0.05) is 24.4 Å². The molecule has 0 aliphatic rings. The minimum absolute atomic E-state index is 0.554. The van der Waals surface area contributed by atoms with E-state index >= 15 is 0 Å². The summed E-state index contributed by atoms with van der Waals surface area (Å²) in [6, 6.07) is 15.6. The van der Waals surface area contributed by atoms with Crippen LogP contribution in [0.3, 0.4) is 0 Å². The topological polar surface area (TPSA) is 70.6 Å². The standard InChI is InChI=1S/C18H20N2O3/c1-2-23-17-8-4-7-16(12-17)19-13-15-6-3-5-14(11-15)9-10-18(21)20-22/h3-12,19,22H,2,13H2,1H3,(H,20,21)/b10-9+. The maximum Gasteiger partial charge on any atom is 0.267 e. The molecule has 0 saturated heterocycles. The average Bonchev–Trinajstić information content (AvgIpc) is 2.59. The van der Waals surface area contributed by atoms with Crippen LogP contribution in [-0.4, -0.2) is 17.7 Å². The highest BCUT2D eigenvalue weighted by atomic mass is 16.5. The first-order chi connectivity index (χ1) is 11.2. The lowest BCUT2D eigenvalue weighted by Crippen LogP contribution is -2.14. The Hall–Kier alpha value is -2.79. The number of hydroxylamine groups is 1. The van der Waals surface area contributed by atoms with Gasteiger partial charge >= 0.3 is 0 Å². The zero-order valence-electron chi connectivity index (χ0n) is 13.0. The molecule has 0 spiro atoms. The van der Waals surface area contributed by atoms with Gasteiger partial charge in [0.1, 0.15) is 5.75 Å². The smallest absolute Gasteiger partial charge is 0.267 e. The van der Waals surface area contributed by atoms with Crippen molar-refractivity contribution in [3.63, 3.8) is 0 Å². The Morgan fingerprint density at radius 2 is 2.04 bits per heavy atom. The highest BCUT2D eigenvalue weighted by Gasteiger charge is 1.98. The van der Waals surface area contributed by atoms with Gasteiger partial charge in [0.2, 0.25) is 0 Å². The van der Waals surface area contributed by atoms with E-state index in [4.69, 9.17) is 9.94 Å². The average molecular weight is 312 g/mol. The van der Waals surface area contributed by atoms with Crippen molar-refractivity contribution in [3.05, 3.63) is 65.7 Å². The van der Waals surface area contributed by atoms with Gasteiger partial charge in [0.05, 0.1) is 6.61 Å². The van der Waals surface area contributed by atoms with Crippen molar-refractivity contribution in [1.29, 1.82) is 0 Å². The molecule has 120 valence electrons. The molecule has 0 atom stereocenters. The van der Waals surface area contributed by atoms with E-state index < -0.39 is 5.91 Å². The van der Waals surface area contributed by atoms with Gasteiger partial charge in [-0.3, -0.25) is 10.0 Å². The fourth-order valence-electron chi connectivity index (χ4n) is 2.08. The van der Waals surface area contributed by atoms with Crippen LogP contribution in [0.4, 0.5) is 5.69 Å². The predicted octanol–water partition coefficient (Wildman–Crippen LogP) is 3.22. The second-order valence-corrected chi connectivity index (χ2v) is 4.87. The van der Waals surface area contributed by atoms with Gasteiger partial charge < -0.3 is 10.1 Å². The van der Waals surface area contributed by atoms with Crippen molar-refractivity contribution in [3.8, 4) is 5.75 Å². The molecule has 5 heteroatoms. The summed E-state index contributed by atoms with van der Waals surface area (Å²) >= 11 is 0. The number of hydrogen-bond acceptors (Lipinski definition) is 4. The summed E-state index contributed by atoms with van der Waals surface area (Å²) in [7, 11) is 0. The van der Waals surface area contributed by atoms with Crippen LogP contribution in [0.25, 0.3) is 6.08 Å². The molecule has 0 unspecified atom stereocenters. The van der Waals surface area contributed by atoms with Crippen LogP contribution < -0.4 is 15.5 Å². The number of amides is 1. The van der Waals surface area contributed by atoms with Crippen molar-refractivity contribution >= 4 is 17.7 Å². The third kappa shape index (κ3) is 5.48. The Morgan fingerprint density at radius 3 is 2.83 bits per heavy atom. The molecule has 0 heterocycles. The second kappa shape index (κ2) is 8.60. The van der Waals surface area contributed by atoms with Crippen molar-refractivity contribution < 1.29 is 14.7 Å². The molecule has 5 nitrogen and oxygen atoms in total. The number of ether oxygens (including phenoxy) is 1. The zero-order chi connectivity index (χ0) is 16.5. The predicted molar refractivity (Wildman–Crippen MR) is 90.3 cm³/mol. The summed E-state index contributed by atoms with van der Waals surface area (Å²) < 4.78 is 5.48. The summed E-state index contributed by atoms with van der Waals surface area (Å²) in [5.41, 5.74) is 4.51. The van der Waals surface area contributed by atoms with Crippen molar-refractivity contribution in [1.82, 2.24) is 5.48 Å². The lowest BCUT2D eigenvalue weighted by Gasteiger charge is -2.09. The lowest BCUT2D eigenvalue weighted by atomic mass is 10.1. The molecule has 2 aromatic carbocycles. The molecule has 1 amide bonds. The van der Waals surface area contributed by atoms with E-state index in [1.54, 1.807) is 11.6 Å². The molecule has 2 aromatic rings. The van der Waals surface area contributed by atoms with Crippen LogP contribution in [0.2, 0.25) is 0 Å². The van der Waals surface area contributed by atoms with E-state index in [0.717, 1.165) is 22.6 Å². The number of benzene rings is 2. The van der Waals surface area contributed by atoms with Gasteiger partial charge in [-0.1, -0.05) is 24.3 Å². The number of hydrogen-bond donors (Lipinski definition) is 3. The number of nitrogens with one attached hydrogen (secondary N) is 2. The van der Waals surface area contributed by atoms with E-state index in [1.807, 2.05) is 55.5 Å². The van der Waals surface area contributed by atoms with Crippen LogP contribution in [0.5, 0.6) is 5.75 Å². The number of rotatable bonds is 7. The van der Waals surface area contributed by atoms with Gasteiger partial charge in [-0.05, 0) is 42.3 Å². The summed E-state index contributed by atoms with van der Waals surface area (Å²) in [6.07, 6.45) is 2.92. The Morgan fingerprint density at radius 1 is 1.22 bits per heavy atom. The summed E-state index contributed by atoms with van der Waals surface area (Å²) in [5, 5.41) is 11.8. The molecule has 0 aliphatic carbocycles. The molecule has 3 N–H and O–H groups in total. The molecule has 0 bridgehead atoms. The van der Waals surface area contributed by atoms with Crippen LogP contribution in [-0.2, 0) is 11.3 Å². The first kappa shape index (κ1) is 16.6. The molecule has 23 heavy (non-hydrogen) atoms. The SMILES string of the molecule is CCOc1cccc(NCc2cccc(/C=C/C(=O)NO)c2)c1. The Labute approximate surface area is 135 Å². The van der Waals surface area contributed by atoms with E-state index in [1.165, 1.54) is 6.08 Å². The fourth-order valence-corrected chi connectivity index (χ4v) is 2.08. The monoisotopic (exact) mass is 312 g/mol. The van der Waals surface area contributed by atoms with Gasteiger partial charge in [0.25, 0.3) is 5.91 Å². The summed E-state index contributed by atoms with van der Waals surface area (Å²) in [6.45, 7) is 3.25. The maximum absolute atomic E-state index is 11.0. The van der Waals surface area contributed by atoms with Gasteiger partial charge in [-0.15, -0.1) is 0 Å². The number of carbonyl (C=O) groups is 1. The number of carbonyl (C=O) groups excluding carboxylic acids is 1. The summed E-state index contributed by atoms with van der Waals surface area (Å²) in [4.78, 5) is 11.0. The lowest BCUT2D eigenvalue weighted by molar-refractivity contribution is -0.124. The van der Waals surface area contributed by atoms with Crippen LogP contribution in [0.15, 0.2) is 54.6 Å². The molecule has 0 radical (unpaired) electrons. The molecule has 0 saturated carbocycles. The summed E-state index contributed by atoms with van der Waals surface area (Å²) in [5.74, 6) is 0.283. The van der Waals surface area contributed by atoms with Crippen molar-refractivity contribution in [2.45, 2.75) is 13.5 Å². The first-order valence-corrected chi connectivity index (χ1v) is 7.39. The van der Waals surface area contributed by atoms with Gasteiger partial charge in [0.15, 0.2) is 0 Å². The van der Waals surface area contributed by atoms with E-state index in [-0.39, 0.29) is 0 Å². The first-order valence-electron chi connectivity index (χ1n) is 7.39. The fraction of sp³-hybridized carbons (Fsp3) is 0.167. The van der Waals surface area contributed by atoms with Crippen LogP contribution >= 0.6 is 0 Å². The maximum atomic E-state index is 11.0. The largest absolute Gasteiger partial charge is 0.494 e. The molecule has 0 aromatic heterocycles. The zero-order valence-corrected chi connectivity index (χ0v) is 13.0. The second-order valence-electron chi connectivity index (χ2n) is 4.87. The minimum Gasteiger partial charge on any atom is -0.494 e. The quantitative estimate of drug-likeness (QED) is 0.417. The van der Waals surface area contributed by atoms with Crippen molar-refractivity contribution in [2.75, 3.05) is 11.9 Å². The Kier molecular flexibility index (Phi) is 6.20. The van der Waals surface area contributed by atoms with Crippen LogP contribution in [0.1, 0.15) is 18.1 Å². The van der Waals surface area contributed by atoms with Gasteiger partial charge in [-0.2, -0.15) is 0 Å². The van der Waals surface area contributed by atoms with E-state index in [0.29, 0.717) is 13.2 Å². The molecule has 0 fully saturated rings. The van der Waals surface area contributed by atoms with Gasteiger partial charge in [-0.25, -0.2) is 5.48 Å². The van der Waals surface area contributed by atoms with E-state index in [9.17, 15) is 4.79 Å². The molecular formula is C18H20N2O3. The third-order valence-electron chi connectivity index (χ3n) is 3.13. The Balaban J connectivity index is 1.99.